The maximum Gasteiger partial charge on any atom is 0.260 e. The van der Waals surface area contributed by atoms with Gasteiger partial charge in [0.05, 0.1) is 16.3 Å². The first kappa shape index (κ1) is 13.2. The number of carbonyl (C=O) groups is 1. The molecule has 1 heterocycles. The Labute approximate surface area is 122 Å². The van der Waals surface area contributed by atoms with E-state index in [1.807, 2.05) is 0 Å². The number of benzene rings is 1. The number of rotatable bonds is 2. The van der Waals surface area contributed by atoms with E-state index >= 15 is 0 Å². The Morgan fingerprint density at radius 1 is 1.39 bits per heavy atom. The minimum atomic E-state index is -0.809. The predicted molar refractivity (Wildman–Crippen MR) is 76.3 cm³/mol. The fraction of sp³-hybridized carbons (Fsp3) is 0. The third-order valence-electron chi connectivity index (χ3n) is 2.18. The summed E-state index contributed by atoms with van der Waals surface area (Å²) in [5.74, 6) is -1.39. The lowest BCUT2D eigenvalue weighted by Gasteiger charge is -2.07. The summed E-state index contributed by atoms with van der Waals surface area (Å²) in [4.78, 5) is 15.2. The van der Waals surface area contributed by atoms with Gasteiger partial charge in [-0.2, -0.15) is 4.39 Å². The molecule has 0 atom stereocenters. The summed E-state index contributed by atoms with van der Waals surface area (Å²) in [6, 6.07) is 8.01. The maximum absolute atomic E-state index is 13.3. The Hall–Kier alpha value is -1.21. The van der Waals surface area contributed by atoms with Crippen LogP contribution in [0.1, 0.15) is 10.4 Å². The van der Waals surface area contributed by atoms with Gasteiger partial charge in [-0.3, -0.25) is 4.79 Å². The van der Waals surface area contributed by atoms with Crippen molar-refractivity contribution >= 4 is 45.8 Å². The average molecular weight is 377 g/mol. The largest absolute Gasteiger partial charge is 0.320 e. The summed E-state index contributed by atoms with van der Waals surface area (Å²) in [6.45, 7) is 0. The molecule has 6 heteroatoms. The van der Waals surface area contributed by atoms with Gasteiger partial charge in [-0.25, -0.2) is 4.98 Å². The zero-order valence-corrected chi connectivity index (χ0v) is 11.9. The Balaban J connectivity index is 2.24. The lowest BCUT2D eigenvalue weighted by molar-refractivity contribution is 0.102. The SMILES string of the molecule is O=C(Nc1ccc(I)cc1Cl)c1cccnc1F. The predicted octanol–water partition coefficient (Wildman–Crippen LogP) is 3.73. The summed E-state index contributed by atoms with van der Waals surface area (Å²) in [5.41, 5.74) is 0.317. The fourth-order valence-electron chi connectivity index (χ4n) is 1.34. The van der Waals surface area contributed by atoms with E-state index in [9.17, 15) is 9.18 Å². The molecular formula is C12H7ClFIN2O. The van der Waals surface area contributed by atoms with Gasteiger partial charge in [-0.15, -0.1) is 0 Å². The Morgan fingerprint density at radius 2 is 2.17 bits per heavy atom. The molecule has 0 saturated heterocycles. The van der Waals surface area contributed by atoms with Crippen LogP contribution < -0.4 is 5.32 Å². The second-order valence-electron chi connectivity index (χ2n) is 3.42. The van der Waals surface area contributed by atoms with Crippen molar-refractivity contribution in [3.63, 3.8) is 0 Å². The minimum Gasteiger partial charge on any atom is -0.320 e. The average Bonchev–Trinajstić information content (AvgIpc) is 2.33. The molecule has 0 spiro atoms. The Kier molecular flexibility index (Phi) is 4.13. The molecule has 2 aromatic rings. The monoisotopic (exact) mass is 376 g/mol. The number of nitrogens with one attached hydrogen (secondary N) is 1. The van der Waals surface area contributed by atoms with Crippen molar-refractivity contribution in [2.24, 2.45) is 0 Å². The molecule has 18 heavy (non-hydrogen) atoms. The Morgan fingerprint density at radius 3 is 2.83 bits per heavy atom. The summed E-state index contributed by atoms with van der Waals surface area (Å²) in [5, 5.41) is 2.94. The number of amides is 1. The van der Waals surface area contributed by atoms with E-state index in [-0.39, 0.29) is 5.56 Å². The van der Waals surface area contributed by atoms with E-state index in [0.717, 1.165) is 3.57 Å². The van der Waals surface area contributed by atoms with Crippen molar-refractivity contribution in [3.05, 3.63) is 56.6 Å². The number of nitrogens with zero attached hydrogens (tertiary/aromatic N) is 1. The number of hydrogen-bond donors (Lipinski definition) is 1. The third-order valence-corrected chi connectivity index (χ3v) is 3.17. The molecule has 0 radical (unpaired) electrons. The van der Waals surface area contributed by atoms with E-state index in [4.69, 9.17) is 11.6 Å². The van der Waals surface area contributed by atoms with Crippen LogP contribution in [0.5, 0.6) is 0 Å². The van der Waals surface area contributed by atoms with Gasteiger partial charge in [0, 0.05) is 9.77 Å². The summed E-state index contributed by atoms with van der Waals surface area (Å²) in [7, 11) is 0. The molecule has 0 fully saturated rings. The van der Waals surface area contributed by atoms with Gasteiger partial charge in [0.2, 0.25) is 5.95 Å². The summed E-state index contributed by atoms with van der Waals surface area (Å²) < 4.78 is 14.2. The fourth-order valence-corrected chi connectivity index (χ4v) is 2.24. The highest BCUT2D eigenvalue weighted by atomic mass is 127. The van der Waals surface area contributed by atoms with Crippen LogP contribution >= 0.6 is 34.2 Å². The topological polar surface area (TPSA) is 42.0 Å². The highest BCUT2D eigenvalue weighted by Gasteiger charge is 2.13. The Bertz CT molecular complexity index is 606. The minimum absolute atomic E-state index is 0.118. The number of anilines is 1. The second kappa shape index (κ2) is 5.62. The number of aromatic nitrogens is 1. The molecule has 0 aliphatic carbocycles. The zero-order chi connectivity index (χ0) is 13.1. The van der Waals surface area contributed by atoms with Gasteiger partial charge in [-0.05, 0) is 52.9 Å². The van der Waals surface area contributed by atoms with Gasteiger partial charge in [0.25, 0.3) is 5.91 Å². The van der Waals surface area contributed by atoms with Crippen LogP contribution in [0.4, 0.5) is 10.1 Å². The van der Waals surface area contributed by atoms with Crippen molar-refractivity contribution < 1.29 is 9.18 Å². The summed E-state index contributed by atoms with van der Waals surface area (Å²) >= 11 is 8.08. The smallest absolute Gasteiger partial charge is 0.260 e. The van der Waals surface area contributed by atoms with Gasteiger partial charge in [0.15, 0.2) is 0 Å². The van der Waals surface area contributed by atoms with Crippen LogP contribution in [0.3, 0.4) is 0 Å². The van der Waals surface area contributed by atoms with E-state index in [1.54, 1.807) is 18.2 Å². The van der Waals surface area contributed by atoms with Crippen LogP contribution in [0.25, 0.3) is 0 Å². The second-order valence-corrected chi connectivity index (χ2v) is 5.07. The van der Waals surface area contributed by atoms with Crippen LogP contribution in [0.15, 0.2) is 36.5 Å². The molecule has 2 rings (SSSR count). The van der Waals surface area contributed by atoms with Crippen molar-refractivity contribution in [1.29, 1.82) is 0 Å². The van der Waals surface area contributed by atoms with E-state index in [0.29, 0.717) is 10.7 Å². The van der Waals surface area contributed by atoms with E-state index in [2.05, 4.69) is 32.9 Å². The normalized spacial score (nSPS) is 10.2. The molecule has 0 bridgehead atoms. The van der Waals surface area contributed by atoms with Gasteiger partial charge >= 0.3 is 0 Å². The van der Waals surface area contributed by atoms with Crippen LogP contribution in [-0.4, -0.2) is 10.9 Å². The number of halogens is 3. The van der Waals surface area contributed by atoms with Crippen molar-refractivity contribution in [1.82, 2.24) is 4.98 Å². The van der Waals surface area contributed by atoms with E-state index < -0.39 is 11.9 Å². The molecule has 92 valence electrons. The van der Waals surface area contributed by atoms with E-state index in [1.165, 1.54) is 18.3 Å². The van der Waals surface area contributed by atoms with Crippen LogP contribution in [0, 0.1) is 9.52 Å². The van der Waals surface area contributed by atoms with Crippen molar-refractivity contribution in [2.75, 3.05) is 5.32 Å². The highest BCUT2D eigenvalue weighted by molar-refractivity contribution is 14.1. The standard InChI is InChI=1S/C12H7ClFIN2O/c13-9-6-7(15)3-4-10(9)17-12(18)8-2-1-5-16-11(8)14/h1-6H,(H,17,18). The number of pyridine rings is 1. The van der Waals surface area contributed by atoms with Crippen LogP contribution in [-0.2, 0) is 0 Å². The lowest BCUT2D eigenvalue weighted by Crippen LogP contribution is -2.14. The van der Waals surface area contributed by atoms with Crippen molar-refractivity contribution in [3.8, 4) is 0 Å². The molecule has 1 aromatic heterocycles. The van der Waals surface area contributed by atoms with Crippen LogP contribution in [0.2, 0.25) is 5.02 Å². The number of hydrogen-bond acceptors (Lipinski definition) is 2. The molecule has 0 unspecified atom stereocenters. The molecular weight excluding hydrogens is 370 g/mol. The summed E-state index contributed by atoms with van der Waals surface area (Å²) in [6.07, 6.45) is 1.28. The van der Waals surface area contributed by atoms with Crippen molar-refractivity contribution in [2.45, 2.75) is 0 Å². The molecule has 0 aliphatic heterocycles. The zero-order valence-electron chi connectivity index (χ0n) is 8.95. The molecule has 1 amide bonds. The highest BCUT2D eigenvalue weighted by Crippen LogP contribution is 2.24. The third kappa shape index (κ3) is 2.97. The van der Waals surface area contributed by atoms with Gasteiger partial charge in [0.1, 0.15) is 0 Å². The molecule has 0 saturated carbocycles. The first-order valence-corrected chi connectivity index (χ1v) is 6.40. The lowest BCUT2D eigenvalue weighted by atomic mass is 10.2. The molecule has 1 N–H and O–H groups in total. The van der Waals surface area contributed by atoms with Gasteiger partial charge in [-0.1, -0.05) is 11.6 Å². The number of carbonyl (C=O) groups excluding carboxylic acids is 1. The maximum atomic E-state index is 13.3. The first-order chi connectivity index (χ1) is 8.58. The molecule has 0 aliphatic rings. The molecule has 1 aromatic carbocycles. The van der Waals surface area contributed by atoms with Gasteiger partial charge < -0.3 is 5.32 Å². The quantitative estimate of drug-likeness (QED) is 0.641. The molecule has 3 nitrogen and oxygen atoms in total. The first-order valence-electron chi connectivity index (χ1n) is 4.95.